The molecule has 0 saturated heterocycles. The van der Waals surface area contributed by atoms with Gasteiger partial charge in [-0.15, -0.1) is 0 Å². The molecule has 260 valence electrons. The Hall–Kier alpha value is -3.40. The molecule has 0 bridgehead atoms. The smallest absolute Gasteiger partial charge is 0.338 e. The lowest BCUT2D eigenvalue weighted by atomic mass is 9.77. The molecule has 0 heterocycles. The Morgan fingerprint density at radius 3 is 1.60 bits per heavy atom. The minimum Gasteiger partial charge on any atom is -0.482 e. The number of rotatable bonds is 16. The monoisotopic (exact) mass is 652 g/mol. The van der Waals surface area contributed by atoms with Crippen LogP contribution < -0.4 is 4.74 Å². The minimum absolute atomic E-state index is 0.163. The van der Waals surface area contributed by atoms with Crippen LogP contribution in [0.4, 0.5) is 0 Å². The molecule has 4 heteroatoms. The van der Waals surface area contributed by atoms with Crippen molar-refractivity contribution in [2.45, 2.75) is 135 Å². The highest BCUT2D eigenvalue weighted by atomic mass is 16.6. The molecule has 3 aromatic carbocycles. The van der Waals surface area contributed by atoms with Gasteiger partial charge in [0, 0.05) is 0 Å². The van der Waals surface area contributed by atoms with E-state index in [2.05, 4.69) is 50.2 Å². The molecule has 2 fully saturated rings. The second-order valence-corrected chi connectivity index (χ2v) is 14.2. The topological polar surface area (TPSA) is 52.6 Å². The van der Waals surface area contributed by atoms with E-state index in [1.54, 1.807) is 0 Å². The van der Waals surface area contributed by atoms with Crippen molar-refractivity contribution in [2.75, 3.05) is 6.61 Å². The van der Waals surface area contributed by atoms with Gasteiger partial charge >= 0.3 is 5.97 Å². The molecule has 2 aliphatic carbocycles. The fourth-order valence-electron chi connectivity index (χ4n) is 7.91. The van der Waals surface area contributed by atoms with Crippen molar-refractivity contribution in [1.82, 2.24) is 0 Å². The van der Waals surface area contributed by atoms with Gasteiger partial charge in [-0.25, -0.2) is 4.79 Å². The lowest BCUT2D eigenvalue weighted by Gasteiger charge is -2.29. The van der Waals surface area contributed by atoms with Crippen LogP contribution in [0.15, 0.2) is 78.9 Å². The van der Waals surface area contributed by atoms with Gasteiger partial charge in [0.2, 0.25) is 0 Å². The molecule has 0 aromatic heterocycles. The summed E-state index contributed by atoms with van der Waals surface area (Å²) in [7, 11) is 0. The van der Waals surface area contributed by atoms with Crippen molar-refractivity contribution in [2.24, 2.45) is 11.8 Å². The Morgan fingerprint density at radius 2 is 1.12 bits per heavy atom. The first-order valence-electron chi connectivity index (χ1n) is 19.0. The number of unbranched alkanes of at least 4 members (excludes halogenated alkanes) is 4. The predicted octanol–water partition coefficient (Wildman–Crippen LogP) is 12.2. The molecule has 5 rings (SSSR count). The maximum Gasteiger partial charge on any atom is 0.338 e. The van der Waals surface area contributed by atoms with Crippen LogP contribution in [0.2, 0.25) is 0 Å². The summed E-state index contributed by atoms with van der Waals surface area (Å²) in [6.07, 6.45) is 21.0. The second-order valence-electron chi connectivity index (χ2n) is 14.2. The highest BCUT2D eigenvalue weighted by Crippen LogP contribution is 2.39. The van der Waals surface area contributed by atoms with Crippen LogP contribution in [0, 0.1) is 11.8 Å². The molecule has 0 N–H and O–H groups in total. The molecule has 1 atom stereocenters. The SMILES string of the molecule is C=O.CCCCCC1CCC(c2ccc(OC(COC(=O)c3ccc(C4CCC(CCCCC)CC4)cc3)c3ccccc3)cc2)CC1. The van der Waals surface area contributed by atoms with E-state index >= 15 is 0 Å². The summed E-state index contributed by atoms with van der Waals surface area (Å²) in [5.74, 6) is 3.60. The van der Waals surface area contributed by atoms with Gasteiger partial charge in [-0.1, -0.05) is 120 Å². The standard InChI is InChI=1S/C43H58O3.CH2O/c1-3-5-8-12-33-16-20-35(21-17-33)37-24-26-40(27-25-37)43(44)45-32-42(39-14-10-7-11-15-39)46-41-30-28-38(29-31-41)36-22-18-34(19-23-36)13-9-6-4-2;1-2/h7,10-11,14-15,24-31,33-36,42H,3-6,8-9,12-13,16-23,32H2,1-2H3;1H2. The van der Waals surface area contributed by atoms with Crippen molar-refractivity contribution in [3.8, 4) is 5.75 Å². The number of carbonyl (C=O) groups is 2. The molecule has 48 heavy (non-hydrogen) atoms. The summed E-state index contributed by atoms with van der Waals surface area (Å²) in [4.78, 5) is 21.1. The third-order valence-electron chi connectivity index (χ3n) is 10.9. The first-order chi connectivity index (χ1) is 23.6. The normalized spacial score (nSPS) is 21.4. The van der Waals surface area contributed by atoms with Gasteiger partial charge in [0.25, 0.3) is 0 Å². The highest BCUT2D eigenvalue weighted by molar-refractivity contribution is 5.89. The molecule has 2 aliphatic rings. The van der Waals surface area contributed by atoms with E-state index in [1.807, 2.05) is 49.3 Å². The van der Waals surface area contributed by atoms with Gasteiger partial charge in [-0.05, 0) is 116 Å². The zero-order valence-electron chi connectivity index (χ0n) is 29.8. The largest absolute Gasteiger partial charge is 0.482 e. The van der Waals surface area contributed by atoms with Crippen LogP contribution in [-0.4, -0.2) is 19.4 Å². The van der Waals surface area contributed by atoms with Crippen LogP contribution >= 0.6 is 0 Å². The van der Waals surface area contributed by atoms with Crippen molar-refractivity contribution >= 4 is 12.8 Å². The number of hydrogen-bond acceptors (Lipinski definition) is 4. The Balaban J connectivity index is 0.00000255. The molecule has 1 unspecified atom stereocenters. The van der Waals surface area contributed by atoms with Crippen LogP contribution in [-0.2, 0) is 9.53 Å². The van der Waals surface area contributed by atoms with Gasteiger partial charge in [0.15, 0.2) is 6.10 Å². The molecule has 3 aromatic rings. The Labute approximate surface area is 291 Å². The van der Waals surface area contributed by atoms with Gasteiger partial charge in [-0.2, -0.15) is 0 Å². The van der Waals surface area contributed by atoms with E-state index in [1.165, 1.54) is 114 Å². The number of hydrogen-bond donors (Lipinski definition) is 0. The summed E-state index contributed by atoms with van der Waals surface area (Å²) < 4.78 is 12.3. The summed E-state index contributed by atoms with van der Waals surface area (Å²) in [6, 6.07) is 26.9. The second kappa shape index (κ2) is 20.9. The lowest BCUT2D eigenvalue weighted by molar-refractivity contribution is -0.0980. The maximum absolute atomic E-state index is 13.1. The first kappa shape index (κ1) is 37.4. The average molecular weight is 653 g/mol. The molecular weight excluding hydrogens is 592 g/mol. The van der Waals surface area contributed by atoms with Gasteiger partial charge < -0.3 is 14.3 Å². The van der Waals surface area contributed by atoms with Crippen LogP contribution in [0.5, 0.6) is 5.75 Å². The Kier molecular flexibility index (Phi) is 16.3. The molecule has 0 aliphatic heterocycles. The Bertz CT molecular complexity index is 1290. The summed E-state index contributed by atoms with van der Waals surface area (Å²) in [5, 5.41) is 0. The quantitative estimate of drug-likeness (QED) is 0.114. The third-order valence-corrected chi connectivity index (χ3v) is 10.9. The summed E-state index contributed by atoms with van der Waals surface area (Å²) in [6.45, 7) is 6.74. The van der Waals surface area contributed by atoms with E-state index < -0.39 is 0 Å². The van der Waals surface area contributed by atoms with Crippen molar-refractivity contribution in [3.05, 3.63) is 101 Å². The fraction of sp³-hybridized carbons (Fsp3) is 0.545. The van der Waals surface area contributed by atoms with Crippen LogP contribution in [0.3, 0.4) is 0 Å². The average Bonchev–Trinajstić information content (AvgIpc) is 3.15. The number of ether oxygens (including phenoxy) is 2. The predicted molar refractivity (Wildman–Crippen MR) is 198 cm³/mol. The third kappa shape index (κ3) is 11.6. The van der Waals surface area contributed by atoms with E-state index in [-0.39, 0.29) is 18.7 Å². The Morgan fingerprint density at radius 1 is 0.646 bits per heavy atom. The molecular formula is C44H60O4. The molecule has 4 nitrogen and oxygen atoms in total. The first-order valence-corrected chi connectivity index (χ1v) is 19.0. The van der Waals surface area contributed by atoms with Crippen molar-refractivity contribution in [1.29, 1.82) is 0 Å². The number of benzene rings is 3. The summed E-state index contributed by atoms with van der Waals surface area (Å²) >= 11 is 0. The molecule has 2 saturated carbocycles. The number of carbonyl (C=O) groups excluding carboxylic acids is 2. The van der Waals surface area contributed by atoms with E-state index in [4.69, 9.17) is 14.3 Å². The molecule has 0 spiro atoms. The van der Waals surface area contributed by atoms with Crippen molar-refractivity contribution in [3.63, 3.8) is 0 Å². The van der Waals surface area contributed by atoms with Crippen molar-refractivity contribution < 1.29 is 19.1 Å². The van der Waals surface area contributed by atoms with Gasteiger partial charge in [-0.3, -0.25) is 0 Å². The van der Waals surface area contributed by atoms with E-state index in [0.29, 0.717) is 17.4 Å². The van der Waals surface area contributed by atoms with Crippen LogP contribution in [0.25, 0.3) is 0 Å². The van der Waals surface area contributed by atoms with Gasteiger partial charge in [0.05, 0.1) is 5.56 Å². The zero-order chi connectivity index (χ0) is 34.0. The van der Waals surface area contributed by atoms with E-state index in [9.17, 15) is 4.79 Å². The zero-order valence-corrected chi connectivity index (χ0v) is 29.8. The van der Waals surface area contributed by atoms with Gasteiger partial charge in [0.1, 0.15) is 19.1 Å². The number of esters is 1. The molecule has 0 amide bonds. The van der Waals surface area contributed by atoms with Crippen LogP contribution in [0.1, 0.15) is 162 Å². The fourth-order valence-corrected chi connectivity index (χ4v) is 7.91. The minimum atomic E-state index is -0.374. The molecule has 0 radical (unpaired) electrons. The highest BCUT2D eigenvalue weighted by Gasteiger charge is 2.24. The van der Waals surface area contributed by atoms with E-state index in [0.717, 1.165) is 23.1 Å². The lowest BCUT2D eigenvalue weighted by Crippen LogP contribution is -2.18. The summed E-state index contributed by atoms with van der Waals surface area (Å²) in [5.41, 5.74) is 4.39. The maximum atomic E-state index is 13.1.